The molecule has 0 radical (unpaired) electrons. The van der Waals surface area contributed by atoms with Crippen LogP contribution in [-0.2, 0) is 38.5 Å². The van der Waals surface area contributed by atoms with Gasteiger partial charge in [0.1, 0.15) is 30.4 Å². The smallest absolute Gasteiger partial charge is 0.408 e. The molecule has 0 bridgehead atoms. The second-order valence-corrected chi connectivity index (χ2v) is 8.71. The molecule has 11 heteroatoms. The highest BCUT2D eigenvalue weighted by Crippen LogP contribution is 2.13. The van der Waals surface area contributed by atoms with Gasteiger partial charge in [0, 0.05) is 32.4 Å². The number of ether oxygens (including phenoxy) is 2. The first-order valence-electron chi connectivity index (χ1n) is 12.0. The maximum Gasteiger partial charge on any atom is 0.408 e. The summed E-state index contributed by atoms with van der Waals surface area (Å²) in [6.45, 7) is -0.536. The summed E-state index contributed by atoms with van der Waals surface area (Å²) >= 11 is 0. The van der Waals surface area contributed by atoms with Crippen molar-refractivity contribution >= 4 is 29.5 Å². The maximum atomic E-state index is 13.0. The molecule has 10 nitrogen and oxygen atoms in total. The number of aromatic nitrogens is 1. The number of esters is 1. The number of rotatable bonds is 11. The second-order valence-electron chi connectivity index (χ2n) is 8.71. The van der Waals surface area contributed by atoms with Crippen molar-refractivity contribution in [1.29, 1.82) is 5.26 Å². The van der Waals surface area contributed by atoms with Crippen molar-refractivity contribution < 1.29 is 28.2 Å². The highest BCUT2D eigenvalue weighted by atomic mass is 19.1. The minimum atomic E-state index is -1.09. The van der Waals surface area contributed by atoms with E-state index in [0.29, 0.717) is 22.4 Å². The van der Waals surface area contributed by atoms with Crippen LogP contribution in [0.2, 0.25) is 0 Å². The summed E-state index contributed by atoms with van der Waals surface area (Å²) in [4.78, 5) is 43.2. The van der Waals surface area contributed by atoms with Gasteiger partial charge in [0.05, 0.1) is 6.42 Å². The molecule has 0 saturated heterocycles. The zero-order valence-corrected chi connectivity index (χ0v) is 21.5. The van der Waals surface area contributed by atoms with Crippen molar-refractivity contribution in [3.05, 3.63) is 89.4 Å². The van der Waals surface area contributed by atoms with E-state index in [2.05, 4.69) is 15.6 Å². The van der Waals surface area contributed by atoms with Crippen molar-refractivity contribution in [2.45, 2.75) is 25.5 Å². The maximum absolute atomic E-state index is 13.0. The first-order valence-corrected chi connectivity index (χ1v) is 12.0. The van der Waals surface area contributed by atoms with Gasteiger partial charge in [-0.05, 0) is 47.0 Å². The molecule has 2 aromatic carbocycles. The summed E-state index contributed by atoms with van der Waals surface area (Å²) in [6.07, 6.45) is 0.932. The van der Waals surface area contributed by atoms with Crippen LogP contribution in [0.3, 0.4) is 0 Å². The number of hydrogen-bond donors (Lipinski definition) is 2. The number of hydrogen-bond acceptors (Lipinski definition) is 8. The van der Waals surface area contributed by atoms with E-state index in [1.54, 1.807) is 60.8 Å². The Hall–Kier alpha value is -4.98. The SMILES string of the molecule is CN(C)c1ccc(C[C@H](NC(=O)OCc2ccc(NC(=O)Cc3ccc(F)cc3)cc2)C(=O)OCC#N)cn1. The van der Waals surface area contributed by atoms with Crippen LogP contribution in [0.5, 0.6) is 0 Å². The van der Waals surface area contributed by atoms with Gasteiger partial charge in [0.25, 0.3) is 0 Å². The summed E-state index contributed by atoms with van der Waals surface area (Å²) in [5.41, 5.74) is 2.55. The van der Waals surface area contributed by atoms with E-state index in [1.165, 1.54) is 12.1 Å². The molecule has 0 saturated carbocycles. The highest BCUT2D eigenvalue weighted by molar-refractivity contribution is 5.92. The predicted molar refractivity (Wildman–Crippen MR) is 141 cm³/mol. The van der Waals surface area contributed by atoms with Crippen molar-refractivity contribution in [2.75, 3.05) is 30.9 Å². The lowest BCUT2D eigenvalue weighted by atomic mass is 10.1. The van der Waals surface area contributed by atoms with Crippen molar-refractivity contribution in [3.63, 3.8) is 0 Å². The molecule has 0 fully saturated rings. The van der Waals surface area contributed by atoms with Crippen LogP contribution in [0, 0.1) is 17.1 Å². The molecule has 3 aromatic rings. The molecule has 39 heavy (non-hydrogen) atoms. The quantitative estimate of drug-likeness (QED) is 0.359. The molecule has 2 N–H and O–H groups in total. The van der Waals surface area contributed by atoms with Gasteiger partial charge in [-0.25, -0.2) is 19.0 Å². The van der Waals surface area contributed by atoms with Gasteiger partial charge in [-0.15, -0.1) is 0 Å². The molecule has 1 atom stereocenters. The van der Waals surface area contributed by atoms with Crippen LogP contribution < -0.4 is 15.5 Å². The van der Waals surface area contributed by atoms with Gasteiger partial charge in [-0.1, -0.05) is 30.3 Å². The number of pyridine rings is 1. The predicted octanol–water partition coefficient (Wildman–Crippen LogP) is 3.37. The molecule has 0 aliphatic rings. The Kier molecular flexibility index (Phi) is 10.3. The number of carbonyl (C=O) groups excluding carboxylic acids is 3. The summed E-state index contributed by atoms with van der Waals surface area (Å²) in [5.74, 6) is -0.669. The topological polar surface area (TPSA) is 134 Å². The number of nitrogens with zero attached hydrogens (tertiary/aromatic N) is 3. The van der Waals surface area contributed by atoms with Gasteiger partial charge in [0.2, 0.25) is 5.91 Å². The third-order valence-corrected chi connectivity index (χ3v) is 5.45. The van der Waals surface area contributed by atoms with Crippen LogP contribution in [0.4, 0.5) is 20.7 Å². The number of nitrogens with one attached hydrogen (secondary N) is 2. The number of amides is 2. The number of benzene rings is 2. The average Bonchev–Trinajstić information content (AvgIpc) is 2.92. The normalized spacial score (nSPS) is 11.0. The van der Waals surface area contributed by atoms with Crippen LogP contribution in [0.15, 0.2) is 66.9 Å². The Morgan fingerprint density at radius 2 is 1.64 bits per heavy atom. The fraction of sp³-hybridized carbons (Fsp3) is 0.250. The fourth-order valence-electron chi connectivity index (χ4n) is 3.44. The summed E-state index contributed by atoms with van der Waals surface area (Å²) in [7, 11) is 3.70. The van der Waals surface area contributed by atoms with E-state index in [4.69, 9.17) is 14.7 Å². The van der Waals surface area contributed by atoms with Crippen LogP contribution in [0.25, 0.3) is 0 Å². The minimum absolute atomic E-state index is 0.0886. The lowest BCUT2D eigenvalue weighted by Crippen LogP contribution is -2.43. The minimum Gasteiger partial charge on any atom is -0.449 e. The number of anilines is 2. The molecule has 202 valence electrons. The van der Waals surface area contributed by atoms with E-state index in [0.717, 1.165) is 5.82 Å². The van der Waals surface area contributed by atoms with Gasteiger partial charge in [-0.2, -0.15) is 5.26 Å². The molecule has 3 rings (SSSR count). The Morgan fingerprint density at radius 1 is 0.974 bits per heavy atom. The van der Waals surface area contributed by atoms with Crippen molar-refractivity contribution in [1.82, 2.24) is 10.3 Å². The van der Waals surface area contributed by atoms with E-state index < -0.39 is 24.7 Å². The molecule has 0 unspecified atom stereocenters. The van der Waals surface area contributed by atoms with Crippen LogP contribution in [-0.4, -0.2) is 49.7 Å². The molecule has 0 aliphatic carbocycles. The third-order valence-electron chi connectivity index (χ3n) is 5.45. The fourth-order valence-corrected chi connectivity index (χ4v) is 3.44. The number of nitriles is 1. The Bertz CT molecular complexity index is 1310. The molecule has 1 aromatic heterocycles. The zero-order valence-electron chi connectivity index (χ0n) is 21.5. The zero-order chi connectivity index (χ0) is 28.2. The van der Waals surface area contributed by atoms with E-state index in [1.807, 2.05) is 19.0 Å². The first-order chi connectivity index (χ1) is 18.7. The summed E-state index contributed by atoms with van der Waals surface area (Å²) in [6, 6.07) is 16.6. The largest absolute Gasteiger partial charge is 0.449 e. The lowest BCUT2D eigenvalue weighted by molar-refractivity contribution is -0.144. The average molecular weight is 534 g/mol. The monoisotopic (exact) mass is 533 g/mol. The molecule has 1 heterocycles. The highest BCUT2D eigenvalue weighted by Gasteiger charge is 2.24. The summed E-state index contributed by atoms with van der Waals surface area (Å²) < 4.78 is 23.2. The molecular weight excluding hydrogens is 505 g/mol. The Balaban J connectivity index is 1.52. The van der Waals surface area contributed by atoms with Gasteiger partial charge in [-0.3, -0.25) is 4.79 Å². The van der Waals surface area contributed by atoms with Crippen LogP contribution >= 0.6 is 0 Å². The van der Waals surface area contributed by atoms with Gasteiger partial charge >= 0.3 is 12.1 Å². The third kappa shape index (κ3) is 9.44. The first kappa shape index (κ1) is 28.6. The number of alkyl carbamates (subject to hydrolysis) is 1. The van der Waals surface area contributed by atoms with E-state index in [9.17, 15) is 18.8 Å². The lowest BCUT2D eigenvalue weighted by Gasteiger charge is -2.17. The molecule has 0 spiro atoms. The Morgan fingerprint density at radius 3 is 2.26 bits per heavy atom. The van der Waals surface area contributed by atoms with Gasteiger partial charge < -0.3 is 25.0 Å². The molecule has 0 aliphatic heterocycles. The van der Waals surface area contributed by atoms with Crippen LogP contribution in [0.1, 0.15) is 16.7 Å². The molecular formula is C28H28FN5O5. The summed E-state index contributed by atoms with van der Waals surface area (Å²) in [5, 5.41) is 13.9. The number of halogens is 1. The van der Waals surface area contributed by atoms with Crippen molar-refractivity contribution in [2.24, 2.45) is 0 Å². The van der Waals surface area contributed by atoms with Crippen molar-refractivity contribution in [3.8, 4) is 6.07 Å². The number of carbonyl (C=O) groups is 3. The molecule has 2 amide bonds. The Labute approximate surface area is 225 Å². The van der Waals surface area contributed by atoms with Gasteiger partial charge in [0.15, 0.2) is 6.61 Å². The van der Waals surface area contributed by atoms with E-state index >= 15 is 0 Å². The van der Waals surface area contributed by atoms with E-state index in [-0.39, 0.29) is 31.2 Å². The second kappa shape index (κ2) is 14.1. The standard InChI is InChI=1S/C28H28FN5O5/c1-34(2)25-12-7-21(17-31-25)15-24(27(36)38-14-13-30)33-28(37)39-18-20-5-10-23(11-6-20)32-26(35)16-19-3-8-22(29)9-4-19/h3-12,17,24H,14-16,18H2,1-2H3,(H,32,35)(H,33,37)/t24-/m0/s1.